The molecule has 0 atom stereocenters. The summed E-state index contributed by atoms with van der Waals surface area (Å²) < 4.78 is 0. The summed E-state index contributed by atoms with van der Waals surface area (Å²) in [5.41, 5.74) is 4.89. The van der Waals surface area contributed by atoms with Crippen molar-refractivity contribution >= 4 is 23.2 Å². The molecule has 0 radical (unpaired) electrons. The number of fused-ring (bicyclic) bond motifs is 4. The Morgan fingerprint density at radius 2 is 1.78 bits per heavy atom. The van der Waals surface area contributed by atoms with Crippen molar-refractivity contribution in [2.75, 3.05) is 0 Å². The number of benzene rings is 2. The highest BCUT2D eigenvalue weighted by atomic mass is 32.2. The number of thioether (sulfide) groups is 1. The van der Waals surface area contributed by atoms with Crippen LogP contribution >= 0.6 is 11.8 Å². The van der Waals surface area contributed by atoms with Crippen LogP contribution in [0.4, 0.5) is 5.69 Å². The van der Waals surface area contributed by atoms with Gasteiger partial charge in [0, 0.05) is 15.4 Å². The second-order valence-corrected chi connectivity index (χ2v) is 5.54. The van der Waals surface area contributed by atoms with Gasteiger partial charge in [0.05, 0.1) is 11.4 Å². The molecule has 2 aromatic rings. The summed E-state index contributed by atoms with van der Waals surface area (Å²) in [6, 6.07) is 16.9. The molecule has 1 nitrogen and oxygen atoms in total. The normalized spacial score (nSPS) is 16.0. The molecule has 4 rings (SSSR count). The summed E-state index contributed by atoms with van der Waals surface area (Å²) >= 11 is 1.83. The first-order valence-electron chi connectivity index (χ1n) is 6.06. The molecule has 1 heterocycles. The summed E-state index contributed by atoms with van der Waals surface area (Å²) in [6.45, 7) is 0. The minimum atomic E-state index is 1.01. The zero-order valence-corrected chi connectivity index (χ0v) is 10.6. The lowest BCUT2D eigenvalue weighted by Gasteiger charge is -2.23. The molecular weight excluding hydrogens is 238 g/mol. The highest BCUT2D eigenvalue weighted by Crippen LogP contribution is 2.43. The minimum absolute atomic E-state index is 1.01. The van der Waals surface area contributed by atoms with Crippen LogP contribution in [0.5, 0.6) is 0 Å². The fourth-order valence-corrected chi connectivity index (χ4v) is 3.46. The molecule has 2 heteroatoms. The Kier molecular flexibility index (Phi) is 2.17. The van der Waals surface area contributed by atoms with Crippen molar-refractivity contribution in [2.24, 2.45) is 4.99 Å². The third-order valence-electron chi connectivity index (χ3n) is 3.33. The van der Waals surface area contributed by atoms with Crippen LogP contribution in [-0.2, 0) is 6.42 Å². The van der Waals surface area contributed by atoms with Gasteiger partial charge in [-0.3, -0.25) is 0 Å². The van der Waals surface area contributed by atoms with Gasteiger partial charge < -0.3 is 0 Å². The van der Waals surface area contributed by atoms with Gasteiger partial charge in [-0.05, 0) is 24.1 Å². The Labute approximate surface area is 110 Å². The molecule has 0 saturated carbocycles. The van der Waals surface area contributed by atoms with Gasteiger partial charge >= 0.3 is 0 Å². The summed E-state index contributed by atoms with van der Waals surface area (Å²) in [7, 11) is 0. The monoisotopic (exact) mass is 249 g/mol. The van der Waals surface area contributed by atoms with Gasteiger partial charge in [0.2, 0.25) is 0 Å². The van der Waals surface area contributed by atoms with E-state index in [1.807, 2.05) is 17.8 Å². The van der Waals surface area contributed by atoms with Crippen LogP contribution < -0.4 is 0 Å². The van der Waals surface area contributed by atoms with Gasteiger partial charge in [0.25, 0.3) is 0 Å². The Bertz CT molecular complexity index is 692. The molecule has 0 N–H and O–H groups in total. The zero-order chi connectivity index (χ0) is 11.9. The van der Waals surface area contributed by atoms with Crippen molar-refractivity contribution < 1.29 is 0 Å². The minimum Gasteiger partial charge on any atom is -0.246 e. The molecule has 0 aromatic heterocycles. The van der Waals surface area contributed by atoms with Crippen molar-refractivity contribution in [2.45, 2.75) is 11.3 Å². The van der Waals surface area contributed by atoms with Crippen molar-refractivity contribution in [1.29, 1.82) is 0 Å². The van der Waals surface area contributed by atoms with Crippen LogP contribution in [0.3, 0.4) is 0 Å². The van der Waals surface area contributed by atoms with E-state index >= 15 is 0 Å². The predicted octanol–water partition coefficient (Wildman–Crippen LogP) is 4.35. The SMILES string of the molecule is C1=C2Sc3ccccc3N=C2c2ccccc2C1. The maximum Gasteiger partial charge on any atom is 0.0848 e. The Hall–Kier alpha value is -1.80. The van der Waals surface area contributed by atoms with Crippen LogP contribution in [0, 0.1) is 0 Å². The van der Waals surface area contributed by atoms with Crippen LogP contribution in [0.1, 0.15) is 11.1 Å². The highest BCUT2D eigenvalue weighted by Gasteiger charge is 2.23. The number of hydrogen-bond acceptors (Lipinski definition) is 2. The number of para-hydroxylation sites is 1. The summed E-state index contributed by atoms with van der Waals surface area (Å²) in [5, 5.41) is 0. The standard InChI is InChI=1S/C16H11NS/c1-2-6-12-11(5-1)9-10-15-16(12)17-13-7-3-4-8-14(13)18-15/h1-8,10H,9H2. The molecule has 1 aliphatic carbocycles. The van der Waals surface area contributed by atoms with E-state index in [-0.39, 0.29) is 0 Å². The van der Waals surface area contributed by atoms with Crippen LogP contribution in [0.15, 0.2) is 69.4 Å². The fraction of sp³-hybridized carbons (Fsp3) is 0.0625. The quantitative estimate of drug-likeness (QED) is 0.676. The number of rotatable bonds is 0. The van der Waals surface area contributed by atoms with Crippen molar-refractivity contribution in [3.63, 3.8) is 0 Å². The number of nitrogens with zero attached hydrogens (tertiary/aromatic N) is 1. The molecule has 18 heavy (non-hydrogen) atoms. The van der Waals surface area contributed by atoms with Gasteiger partial charge in [-0.25, -0.2) is 4.99 Å². The van der Waals surface area contributed by atoms with E-state index in [1.54, 1.807) is 0 Å². The Morgan fingerprint density at radius 3 is 2.78 bits per heavy atom. The van der Waals surface area contributed by atoms with Crippen LogP contribution in [-0.4, -0.2) is 5.71 Å². The zero-order valence-electron chi connectivity index (χ0n) is 9.76. The summed E-state index contributed by atoms with van der Waals surface area (Å²) in [4.78, 5) is 7.39. The maximum absolute atomic E-state index is 4.84. The molecule has 2 aromatic carbocycles. The predicted molar refractivity (Wildman–Crippen MR) is 76.7 cm³/mol. The van der Waals surface area contributed by atoms with Gasteiger partial charge in [-0.1, -0.05) is 54.2 Å². The molecule has 1 aliphatic heterocycles. The van der Waals surface area contributed by atoms with Gasteiger partial charge in [-0.2, -0.15) is 0 Å². The van der Waals surface area contributed by atoms with E-state index in [0.717, 1.165) is 17.8 Å². The first-order valence-corrected chi connectivity index (χ1v) is 6.88. The molecule has 0 unspecified atom stereocenters. The van der Waals surface area contributed by atoms with E-state index in [4.69, 9.17) is 4.99 Å². The lowest BCUT2D eigenvalue weighted by Crippen LogP contribution is -2.13. The lowest BCUT2D eigenvalue weighted by atomic mass is 9.95. The molecule has 0 amide bonds. The topological polar surface area (TPSA) is 12.4 Å². The van der Waals surface area contributed by atoms with Crippen molar-refractivity contribution in [3.8, 4) is 0 Å². The largest absolute Gasteiger partial charge is 0.246 e. The van der Waals surface area contributed by atoms with E-state index in [0.29, 0.717) is 0 Å². The average Bonchev–Trinajstić information content (AvgIpc) is 2.45. The summed E-state index contributed by atoms with van der Waals surface area (Å²) in [5.74, 6) is 0. The average molecular weight is 249 g/mol. The van der Waals surface area contributed by atoms with Crippen LogP contribution in [0.2, 0.25) is 0 Å². The van der Waals surface area contributed by atoms with E-state index in [9.17, 15) is 0 Å². The number of allylic oxidation sites excluding steroid dienone is 2. The Morgan fingerprint density at radius 1 is 0.944 bits per heavy atom. The highest BCUT2D eigenvalue weighted by molar-refractivity contribution is 8.04. The third-order valence-corrected chi connectivity index (χ3v) is 4.48. The molecule has 0 bridgehead atoms. The van der Waals surface area contributed by atoms with Gasteiger partial charge in [0.15, 0.2) is 0 Å². The molecule has 86 valence electrons. The maximum atomic E-state index is 4.84. The van der Waals surface area contributed by atoms with Crippen molar-refractivity contribution in [1.82, 2.24) is 0 Å². The Balaban J connectivity index is 1.96. The molecular formula is C16H11NS. The number of aliphatic imine (C=N–C) groups is 1. The lowest BCUT2D eigenvalue weighted by molar-refractivity contribution is 1.22. The summed E-state index contributed by atoms with van der Waals surface area (Å²) in [6.07, 6.45) is 3.31. The van der Waals surface area contributed by atoms with Gasteiger partial charge in [0.1, 0.15) is 0 Å². The number of hydrogen-bond donors (Lipinski definition) is 0. The second kappa shape index (κ2) is 3.85. The third kappa shape index (κ3) is 1.46. The molecule has 0 fully saturated rings. The van der Waals surface area contributed by atoms with E-state index in [2.05, 4.69) is 48.5 Å². The smallest absolute Gasteiger partial charge is 0.0848 e. The van der Waals surface area contributed by atoms with Gasteiger partial charge in [-0.15, -0.1) is 0 Å². The van der Waals surface area contributed by atoms with E-state index < -0.39 is 0 Å². The van der Waals surface area contributed by atoms with Crippen LogP contribution in [0.25, 0.3) is 0 Å². The van der Waals surface area contributed by atoms with Crippen molar-refractivity contribution in [3.05, 3.63) is 70.6 Å². The first kappa shape index (κ1) is 10.2. The first-order chi connectivity index (χ1) is 8.92. The molecule has 2 aliphatic rings. The molecule has 0 saturated heterocycles. The second-order valence-electron chi connectivity index (χ2n) is 4.46. The molecule has 0 spiro atoms. The van der Waals surface area contributed by atoms with E-state index in [1.165, 1.54) is 20.9 Å². The fourth-order valence-electron chi connectivity index (χ4n) is 2.44.